The molecule has 0 saturated carbocycles. The summed E-state index contributed by atoms with van der Waals surface area (Å²) in [7, 11) is -2.13. The number of fused-ring (bicyclic) bond motifs is 1. The number of methoxy groups -OCH3 is 1. The largest absolute Gasteiger partial charge is 0.497 e. The molecule has 0 spiro atoms. The highest BCUT2D eigenvalue weighted by atomic mass is 79.9. The SMILES string of the molecule is COc1ccc(NS(=O)(=O)c2ccc(Br)c3ccccc23)cc1. The number of hydrogen-bond acceptors (Lipinski definition) is 3. The van der Waals surface area contributed by atoms with E-state index in [1.165, 1.54) is 0 Å². The number of rotatable bonds is 4. The van der Waals surface area contributed by atoms with E-state index in [1.807, 2.05) is 18.2 Å². The van der Waals surface area contributed by atoms with Gasteiger partial charge < -0.3 is 4.74 Å². The minimum atomic E-state index is -3.69. The van der Waals surface area contributed by atoms with E-state index in [2.05, 4.69) is 20.7 Å². The molecule has 0 heterocycles. The molecule has 3 rings (SSSR count). The van der Waals surface area contributed by atoms with Crippen molar-refractivity contribution in [3.05, 3.63) is 65.1 Å². The zero-order valence-electron chi connectivity index (χ0n) is 12.3. The average Bonchev–Trinajstić information content (AvgIpc) is 2.55. The Morgan fingerprint density at radius 1 is 0.913 bits per heavy atom. The van der Waals surface area contributed by atoms with Gasteiger partial charge in [0.2, 0.25) is 0 Å². The van der Waals surface area contributed by atoms with Crippen LogP contribution in [-0.4, -0.2) is 15.5 Å². The van der Waals surface area contributed by atoms with Crippen LogP contribution in [0.4, 0.5) is 5.69 Å². The fraction of sp³-hybridized carbons (Fsp3) is 0.0588. The Kier molecular flexibility index (Phi) is 4.28. The first-order chi connectivity index (χ1) is 11.0. The van der Waals surface area contributed by atoms with Crippen molar-refractivity contribution in [3.63, 3.8) is 0 Å². The first-order valence-corrected chi connectivity index (χ1v) is 9.13. The molecule has 118 valence electrons. The Labute approximate surface area is 143 Å². The van der Waals surface area contributed by atoms with Gasteiger partial charge in [-0.15, -0.1) is 0 Å². The van der Waals surface area contributed by atoms with E-state index in [1.54, 1.807) is 49.6 Å². The number of ether oxygens (including phenoxy) is 1. The van der Waals surface area contributed by atoms with Crippen molar-refractivity contribution in [1.82, 2.24) is 0 Å². The fourth-order valence-electron chi connectivity index (χ4n) is 2.34. The van der Waals surface area contributed by atoms with Gasteiger partial charge in [0.1, 0.15) is 5.75 Å². The summed E-state index contributed by atoms with van der Waals surface area (Å²) in [5, 5.41) is 1.52. The fourth-order valence-corrected chi connectivity index (χ4v) is 4.09. The molecule has 0 bridgehead atoms. The Balaban J connectivity index is 2.04. The highest BCUT2D eigenvalue weighted by Crippen LogP contribution is 2.30. The van der Waals surface area contributed by atoms with E-state index in [9.17, 15) is 8.42 Å². The second kappa shape index (κ2) is 6.22. The third kappa shape index (κ3) is 3.18. The van der Waals surface area contributed by atoms with Crippen LogP contribution in [0.25, 0.3) is 10.8 Å². The predicted molar refractivity (Wildman–Crippen MR) is 95.5 cm³/mol. The topological polar surface area (TPSA) is 55.4 Å². The van der Waals surface area contributed by atoms with E-state index in [-0.39, 0.29) is 4.90 Å². The quantitative estimate of drug-likeness (QED) is 0.716. The monoisotopic (exact) mass is 391 g/mol. The minimum absolute atomic E-state index is 0.243. The van der Waals surface area contributed by atoms with Gasteiger partial charge in [-0.25, -0.2) is 8.42 Å². The maximum atomic E-state index is 12.7. The number of sulfonamides is 1. The lowest BCUT2D eigenvalue weighted by Gasteiger charge is -2.12. The van der Waals surface area contributed by atoms with E-state index in [0.717, 1.165) is 9.86 Å². The molecule has 0 radical (unpaired) electrons. The Bertz CT molecular complexity index is 953. The number of nitrogens with one attached hydrogen (secondary N) is 1. The molecule has 0 aliphatic rings. The first kappa shape index (κ1) is 15.8. The standard InChI is InChI=1S/C17H14BrNO3S/c1-22-13-8-6-12(7-9-13)19-23(20,21)17-11-10-16(18)14-4-2-3-5-15(14)17/h2-11,19H,1H3. The van der Waals surface area contributed by atoms with Gasteiger partial charge in [-0.1, -0.05) is 40.2 Å². The summed E-state index contributed by atoms with van der Waals surface area (Å²) in [6, 6.07) is 17.4. The number of hydrogen-bond donors (Lipinski definition) is 1. The molecule has 23 heavy (non-hydrogen) atoms. The van der Waals surface area contributed by atoms with Crippen LogP contribution in [0.3, 0.4) is 0 Å². The lowest BCUT2D eigenvalue weighted by atomic mass is 10.1. The van der Waals surface area contributed by atoms with Crippen LogP contribution in [0, 0.1) is 0 Å². The molecular weight excluding hydrogens is 378 g/mol. The summed E-state index contributed by atoms with van der Waals surface area (Å²) in [5.74, 6) is 0.669. The number of benzene rings is 3. The molecule has 0 aliphatic heterocycles. The van der Waals surface area contributed by atoms with Gasteiger partial charge >= 0.3 is 0 Å². The Morgan fingerprint density at radius 3 is 2.22 bits per heavy atom. The Morgan fingerprint density at radius 2 is 1.57 bits per heavy atom. The summed E-state index contributed by atoms with van der Waals surface area (Å²) in [6.07, 6.45) is 0. The van der Waals surface area contributed by atoms with Crippen LogP contribution < -0.4 is 9.46 Å². The van der Waals surface area contributed by atoms with Gasteiger partial charge in [-0.05, 0) is 41.8 Å². The normalized spacial score (nSPS) is 11.4. The number of halogens is 1. The smallest absolute Gasteiger partial charge is 0.262 e. The molecule has 0 aromatic heterocycles. The molecule has 0 atom stereocenters. The molecule has 3 aromatic carbocycles. The maximum Gasteiger partial charge on any atom is 0.262 e. The molecule has 1 N–H and O–H groups in total. The molecule has 3 aromatic rings. The van der Waals surface area contributed by atoms with Crippen LogP contribution in [0.15, 0.2) is 70.0 Å². The van der Waals surface area contributed by atoms with Crippen molar-refractivity contribution in [2.45, 2.75) is 4.90 Å². The summed E-state index contributed by atoms with van der Waals surface area (Å²) >= 11 is 3.45. The van der Waals surface area contributed by atoms with Gasteiger partial charge in [-0.2, -0.15) is 0 Å². The lowest BCUT2D eigenvalue weighted by molar-refractivity contribution is 0.415. The molecule has 0 saturated heterocycles. The number of anilines is 1. The predicted octanol–water partition coefficient (Wildman–Crippen LogP) is 4.41. The second-order valence-electron chi connectivity index (χ2n) is 4.93. The van der Waals surface area contributed by atoms with Gasteiger partial charge in [0, 0.05) is 15.5 Å². The highest BCUT2D eigenvalue weighted by Gasteiger charge is 2.18. The molecule has 0 unspecified atom stereocenters. The molecular formula is C17H14BrNO3S. The van der Waals surface area contributed by atoms with Crippen LogP contribution >= 0.6 is 15.9 Å². The van der Waals surface area contributed by atoms with Gasteiger partial charge in [0.05, 0.1) is 12.0 Å². The second-order valence-corrected chi connectivity index (χ2v) is 7.43. The van der Waals surface area contributed by atoms with Crippen LogP contribution in [0.2, 0.25) is 0 Å². The summed E-state index contributed by atoms with van der Waals surface area (Å²) < 4.78 is 34.0. The molecule has 0 fully saturated rings. The minimum Gasteiger partial charge on any atom is -0.497 e. The zero-order chi connectivity index (χ0) is 16.4. The third-order valence-electron chi connectivity index (χ3n) is 3.46. The van der Waals surface area contributed by atoms with Crippen molar-refractivity contribution in [1.29, 1.82) is 0 Å². The molecule has 0 aliphatic carbocycles. The van der Waals surface area contributed by atoms with E-state index >= 15 is 0 Å². The van der Waals surface area contributed by atoms with Crippen molar-refractivity contribution in [3.8, 4) is 5.75 Å². The summed E-state index contributed by atoms with van der Waals surface area (Å²) in [4.78, 5) is 0.243. The van der Waals surface area contributed by atoms with Crippen LogP contribution in [0.5, 0.6) is 5.75 Å². The molecule has 0 amide bonds. The van der Waals surface area contributed by atoms with Crippen molar-refractivity contribution < 1.29 is 13.2 Å². The van der Waals surface area contributed by atoms with Gasteiger partial charge in [0.25, 0.3) is 10.0 Å². The zero-order valence-corrected chi connectivity index (χ0v) is 14.7. The van der Waals surface area contributed by atoms with E-state index in [4.69, 9.17) is 4.74 Å². The van der Waals surface area contributed by atoms with Crippen molar-refractivity contribution in [2.24, 2.45) is 0 Å². The highest BCUT2D eigenvalue weighted by molar-refractivity contribution is 9.10. The van der Waals surface area contributed by atoms with Gasteiger partial charge in [-0.3, -0.25) is 4.72 Å². The first-order valence-electron chi connectivity index (χ1n) is 6.85. The lowest BCUT2D eigenvalue weighted by Crippen LogP contribution is -2.13. The third-order valence-corrected chi connectivity index (χ3v) is 5.59. The van der Waals surface area contributed by atoms with E-state index in [0.29, 0.717) is 16.8 Å². The van der Waals surface area contributed by atoms with E-state index < -0.39 is 10.0 Å². The molecule has 4 nitrogen and oxygen atoms in total. The summed E-state index contributed by atoms with van der Waals surface area (Å²) in [5.41, 5.74) is 0.484. The van der Waals surface area contributed by atoms with Crippen molar-refractivity contribution >= 4 is 42.4 Å². The summed E-state index contributed by atoms with van der Waals surface area (Å²) in [6.45, 7) is 0. The van der Waals surface area contributed by atoms with Crippen molar-refractivity contribution in [2.75, 3.05) is 11.8 Å². The maximum absolute atomic E-state index is 12.7. The van der Waals surface area contributed by atoms with Crippen LogP contribution in [0.1, 0.15) is 0 Å². The average molecular weight is 392 g/mol. The van der Waals surface area contributed by atoms with Crippen LogP contribution in [-0.2, 0) is 10.0 Å². The Hall–Kier alpha value is -2.05. The molecule has 6 heteroatoms. The van der Waals surface area contributed by atoms with Gasteiger partial charge in [0.15, 0.2) is 0 Å².